The van der Waals surface area contributed by atoms with Gasteiger partial charge in [-0.25, -0.2) is 17.5 Å². The average Bonchev–Trinajstić information content (AvgIpc) is 2.71. The molecule has 0 atom stereocenters. The van der Waals surface area contributed by atoms with Gasteiger partial charge in [0.15, 0.2) is 6.61 Å². The normalized spacial score (nSPS) is 11.6. The minimum Gasteiger partial charge on any atom is -0.452 e. The lowest BCUT2D eigenvalue weighted by atomic mass is 10.1. The van der Waals surface area contributed by atoms with E-state index in [1.165, 1.54) is 43.9 Å². The number of carbonyl (C=O) groups is 2. The molecule has 0 aliphatic carbocycles. The zero-order chi connectivity index (χ0) is 21.4. The van der Waals surface area contributed by atoms with Gasteiger partial charge < -0.3 is 10.1 Å². The molecule has 0 spiro atoms. The molecule has 154 valence electrons. The van der Waals surface area contributed by atoms with Crippen LogP contribution in [0.3, 0.4) is 0 Å². The van der Waals surface area contributed by atoms with Gasteiger partial charge in [-0.15, -0.1) is 0 Å². The third-order valence-electron chi connectivity index (χ3n) is 4.04. The number of nitrogens with zero attached hydrogens (tertiary/aromatic N) is 1. The topological polar surface area (TPSA) is 92.8 Å². The lowest BCUT2D eigenvalue weighted by Crippen LogP contribution is -2.23. The van der Waals surface area contributed by atoms with Gasteiger partial charge in [-0.2, -0.15) is 0 Å². The van der Waals surface area contributed by atoms with Crippen molar-refractivity contribution in [3.05, 3.63) is 65.7 Å². The second kappa shape index (κ2) is 9.99. The molecule has 0 aliphatic heterocycles. The Morgan fingerprint density at radius 1 is 1.10 bits per heavy atom. The van der Waals surface area contributed by atoms with Crippen LogP contribution < -0.4 is 5.32 Å². The largest absolute Gasteiger partial charge is 0.452 e. The molecule has 2 aromatic rings. The molecule has 1 N–H and O–H groups in total. The van der Waals surface area contributed by atoms with Gasteiger partial charge in [-0.3, -0.25) is 4.79 Å². The van der Waals surface area contributed by atoms with Gasteiger partial charge in [0.1, 0.15) is 0 Å². The number of nitrogens with one attached hydrogen (secondary N) is 1. The molecule has 2 rings (SSSR count). The minimum absolute atomic E-state index is 0.0503. The van der Waals surface area contributed by atoms with Crippen molar-refractivity contribution in [1.82, 2.24) is 4.31 Å². The van der Waals surface area contributed by atoms with E-state index in [0.717, 1.165) is 16.3 Å². The number of hydrogen-bond donors (Lipinski definition) is 1. The quantitative estimate of drug-likeness (QED) is 0.528. The number of esters is 1. The summed E-state index contributed by atoms with van der Waals surface area (Å²) in [5.74, 6) is -1.22. The van der Waals surface area contributed by atoms with Crippen LogP contribution >= 0.6 is 0 Å². The molecule has 0 heterocycles. The van der Waals surface area contributed by atoms with E-state index in [1.807, 2.05) is 24.3 Å². The van der Waals surface area contributed by atoms with Crippen LogP contribution in [0.25, 0.3) is 6.08 Å². The monoisotopic (exact) mass is 416 g/mol. The van der Waals surface area contributed by atoms with Gasteiger partial charge in [-0.1, -0.05) is 37.3 Å². The fourth-order valence-corrected chi connectivity index (χ4v) is 3.30. The summed E-state index contributed by atoms with van der Waals surface area (Å²) in [5, 5.41) is 2.51. The van der Waals surface area contributed by atoms with Crippen LogP contribution in [-0.4, -0.2) is 45.3 Å². The number of hydrogen-bond acceptors (Lipinski definition) is 5. The summed E-state index contributed by atoms with van der Waals surface area (Å²) in [5.41, 5.74) is 2.34. The number of benzene rings is 2. The summed E-state index contributed by atoms with van der Waals surface area (Å²) in [6, 6.07) is 13.6. The van der Waals surface area contributed by atoms with E-state index in [4.69, 9.17) is 4.74 Å². The maximum Gasteiger partial charge on any atom is 0.331 e. The van der Waals surface area contributed by atoms with Crippen LogP contribution in [-0.2, 0) is 30.8 Å². The summed E-state index contributed by atoms with van der Waals surface area (Å²) in [6.45, 7) is 1.58. The Balaban J connectivity index is 1.89. The summed E-state index contributed by atoms with van der Waals surface area (Å²) < 4.78 is 30.3. The van der Waals surface area contributed by atoms with Crippen LogP contribution in [0.1, 0.15) is 18.1 Å². The third kappa shape index (κ3) is 6.55. The fraction of sp³-hybridized carbons (Fsp3) is 0.238. The summed E-state index contributed by atoms with van der Waals surface area (Å²) >= 11 is 0. The summed E-state index contributed by atoms with van der Waals surface area (Å²) in [6.07, 6.45) is 3.79. The lowest BCUT2D eigenvalue weighted by Gasteiger charge is -2.12. The molecule has 29 heavy (non-hydrogen) atoms. The number of anilines is 1. The number of rotatable bonds is 8. The Labute approximate surface area is 171 Å². The van der Waals surface area contributed by atoms with Crippen molar-refractivity contribution < 1.29 is 22.7 Å². The molecule has 0 saturated carbocycles. The number of ether oxygens (including phenoxy) is 1. The molecular formula is C21H24N2O5S. The highest BCUT2D eigenvalue weighted by Crippen LogP contribution is 2.17. The molecular weight excluding hydrogens is 392 g/mol. The van der Waals surface area contributed by atoms with Gasteiger partial charge in [0, 0.05) is 25.9 Å². The van der Waals surface area contributed by atoms with Crippen LogP contribution in [0.2, 0.25) is 0 Å². The van der Waals surface area contributed by atoms with E-state index in [0.29, 0.717) is 5.69 Å². The highest BCUT2D eigenvalue weighted by molar-refractivity contribution is 7.89. The molecule has 0 fully saturated rings. The molecule has 2 aromatic carbocycles. The predicted molar refractivity (Wildman–Crippen MR) is 112 cm³/mol. The Morgan fingerprint density at radius 3 is 2.41 bits per heavy atom. The second-order valence-electron chi connectivity index (χ2n) is 6.40. The maximum atomic E-state index is 12.1. The molecule has 1 amide bonds. The van der Waals surface area contributed by atoms with E-state index in [1.54, 1.807) is 12.1 Å². The standard InChI is InChI=1S/C21H24N2O5S/c1-4-16-8-10-17(11-9-16)12-13-21(25)28-15-20(24)22-18-6-5-7-19(14-18)29(26,27)23(2)3/h5-14H,4,15H2,1-3H3,(H,22,24)/b13-12+. The Hall–Kier alpha value is -2.97. The third-order valence-corrected chi connectivity index (χ3v) is 5.85. The van der Waals surface area contributed by atoms with E-state index < -0.39 is 28.5 Å². The molecule has 0 aliphatic rings. The van der Waals surface area contributed by atoms with Crippen molar-refractivity contribution in [3.8, 4) is 0 Å². The van der Waals surface area contributed by atoms with Crippen molar-refractivity contribution in [1.29, 1.82) is 0 Å². The zero-order valence-corrected chi connectivity index (χ0v) is 17.4. The first-order valence-electron chi connectivity index (χ1n) is 8.98. The van der Waals surface area contributed by atoms with E-state index >= 15 is 0 Å². The maximum absolute atomic E-state index is 12.1. The smallest absolute Gasteiger partial charge is 0.331 e. The number of sulfonamides is 1. The number of amides is 1. The van der Waals surface area contributed by atoms with Crippen LogP contribution in [0.5, 0.6) is 0 Å². The Morgan fingerprint density at radius 2 is 1.79 bits per heavy atom. The molecule has 0 unspecified atom stereocenters. The highest BCUT2D eigenvalue weighted by Gasteiger charge is 2.17. The lowest BCUT2D eigenvalue weighted by molar-refractivity contribution is -0.142. The van der Waals surface area contributed by atoms with Crippen LogP contribution in [0.4, 0.5) is 5.69 Å². The van der Waals surface area contributed by atoms with E-state index in [2.05, 4.69) is 12.2 Å². The van der Waals surface area contributed by atoms with Crippen molar-refractivity contribution in [3.63, 3.8) is 0 Å². The summed E-state index contributed by atoms with van der Waals surface area (Å²) in [7, 11) is -0.767. The first-order valence-corrected chi connectivity index (χ1v) is 10.4. The molecule has 7 nitrogen and oxygen atoms in total. The molecule has 0 aromatic heterocycles. The van der Waals surface area contributed by atoms with Crippen molar-refractivity contribution in [2.75, 3.05) is 26.0 Å². The van der Waals surface area contributed by atoms with Gasteiger partial charge in [0.05, 0.1) is 4.90 Å². The van der Waals surface area contributed by atoms with Crippen molar-refractivity contribution in [2.45, 2.75) is 18.2 Å². The average molecular weight is 416 g/mol. The van der Waals surface area contributed by atoms with Gasteiger partial charge in [0.2, 0.25) is 10.0 Å². The fourth-order valence-electron chi connectivity index (χ4n) is 2.36. The first-order chi connectivity index (χ1) is 13.7. The first kappa shape index (κ1) is 22.3. The Kier molecular flexibility index (Phi) is 7.69. The number of aryl methyl sites for hydroxylation is 1. The van der Waals surface area contributed by atoms with Gasteiger partial charge in [-0.05, 0) is 41.8 Å². The minimum atomic E-state index is -3.61. The Bertz CT molecular complexity index is 996. The van der Waals surface area contributed by atoms with E-state index in [-0.39, 0.29) is 4.90 Å². The van der Waals surface area contributed by atoms with Crippen LogP contribution in [0, 0.1) is 0 Å². The van der Waals surface area contributed by atoms with Crippen LogP contribution in [0.15, 0.2) is 59.5 Å². The SMILES string of the molecule is CCc1ccc(/C=C/C(=O)OCC(=O)Nc2cccc(S(=O)(=O)N(C)C)c2)cc1. The molecule has 8 heteroatoms. The zero-order valence-electron chi connectivity index (χ0n) is 16.6. The summed E-state index contributed by atoms with van der Waals surface area (Å²) in [4.78, 5) is 23.8. The van der Waals surface area contributed by atoms with Gasteiger partial charge in [0.25, 0.3) is 5.91 Å². The van der Waals surface area contributed by atoms with Gasteiger partial charge >= 0.3 is 5.97 Å². The van der Waals surface area contributed by atoms with E-state index in [9.17, 15) is 18.0 Å². The van der Waals surface area contributed by atoms with Crippen molar-refractivity contribution in [2.24, 2.45) is 0 Å². The molecule has 0 bridgehead atoms. The second-order valence-corrected chi connectivity index (χ2v) is 8.55. The van der Waals surface area contributed by atoms with Crippen molar-refractivity contribution >= 4 is 33.7 Å². The highest BCUT2D eigenvalue weighted by atomic mass is 32.2. The number of carbonyl (C=O) groups excluding carboxylic acids is 2. The molecule has 0 saturated heterocycles. The molecule has 0 radical (unpaired) electrons. The predicted octanol–water partition coefficient (Wildman–Crippen LogP) is 2.69.